The molecular weight excluding hydrogens is 400 g/mol. The van der Waals surface area contributed by atoms with E-state index in [1.165, 1.54) is 11.3 Å². The molecule has 6 heteroatoms. The van der Waals surface area contributed by atoms with Crippen LogP contribution >= 0.6 is 11.6 Å². The van der Waals surface area contributed by atoms with E-state index in [1.54, 1.807) is 24.3 Å². The van der Waals surface area contributed by atoms with Gasteiger partial charge in [-0.3, -0.25) is 14.5 Å². The van der Waals surface area contributed by atoms with Gasteiger partial charge in [0.15, 0.2) is 11.5 Å². The summed E-state index contributed by atoms with van der Waals surface area (Å²) in [4.78, 5) is 27.5. The van der Waals surface area contributed by atoms with Crippen LogP contribution < -0.4 is 15.0 Å². The zero-order valence-electron chi connectivity index (χ0n) is 16.9. The molecule has 0 unspecified atom stereocenters. The summed E-state index contributed by atoms with van der Waals surface area (Å²) >= 11 is 6.25. The molecule has 1 N–H and O–H groups in total. The van der Waals surface area contributed by atoms with Gasteiger partial charge in [-0.2, -0.15) is 0 Å². The van der Waals surface area contributed by atoms with Gasteiger partial charge in [0.05, 0.1) is 5.69 Å². The van der Waals surface area contributed by atoms with Crippen LogP contribution in [0.4, 0.5) is 5.69 Å². The largest absolute Gasteiger partial charge is 0.449 e. The molecule has 2 aromatic rings. The lowest BCUT2D eigenvalue weighted by Gasteiger charge is -2.32. The molecule has 5 nitrogen and oxygen atoms in total. The van der Waals surface area contributed by atoms with Gasteiger partial charge in [-0.1, -0.05) is 61.7 Å². The van der Waals surface area contributed by atoms with E-state index in [2.05, 4.69) is 12.2 Å². The van der Waals surface area contributed by atoms with E-state index in [9.17, 15) is 9.59 Å². The van der Waals surface area contributed by atoms with Crippen molar-refractivity contribution in [1.82, 2.24) is 5.32 Å². The molecule has 156 valence electrons. The number of nitrogens with zero attached hydrogens (tertiary/aromatic N) is 1. The molecule has 0 saturated heterocycles. The van der Waals surface area contributed by atoms with Crippen molar-refractivity contribution in [2.75, 3.05) is 11.4 Å². The summed E-state index contributed by atoms with van der Waals surface area (Å²) in [6, 6.07) is 14.6. The van der Waals surface area contributed by atoms with Crippen LogP contribution in [0.2, 0.25) is 5.02 Å². The first kappa shape index (κ1) is 20.5. The second-order valence-corrected chi connectivity index (χ2v) is 8.33. The summed E-state index contributed by atoms with van der Waals surface area (Å²) in [5.41, 5.74) is 1.27. The SMILES string of the molecule is C[C@@H]1CCCC[C@H]1NC(=O)CN1C(=O)/C(=C\c2ccccc2Cl)Oc2ccccc21. The highest BCUT2D eigenvalue weighted by Crippen LogP contribution is 2.36. The Morgan fingerprint density at radius 1 is 1.17 bits per heavy atom. The zero-order valence-corrected chi connectivity index (χ0v) is 17.7. The van der Waals surface area contributed by atoms with E-state index < -0.39 is 0 Å². The number of carbonyl (C=O) groups is 2. The predicted molar refractivity (Wildman–Crippen MR) is 118 cm³/mol. The Bertz CT molecular complexity index is 988. The first-order valence-corrected chi connectivity index (χ1v) is 10.7. The van der Waals surface area contributed by atoms with E-state index in [0.717, 1.165) is 19.3 Å². The number of fused-ring (bicyclic) bond motifs is 1. The minimum absolute atomic E-state index is 0.0533. The van der Waals surface area contributed by atoms with Crippen molar-refractivity contribution < 1.29 is 14.3 Å². The zero-order chi connectivity index (χ0) is 21.1. The summed E-state index contributed by atoms with van der Waals surface area (Å²) in [7, 11) is 0. The van der Waals surface area contributed by atoms with Crippen LogP contribution in [0.5, 0.6) is 5.75 Å². The minimum Gasteiger partial charge on any atom is -0.449 e. The summed E-state index contributed by atoms with van der Waals surface area (Å²) in [6.07, 6.45) is 6.06. The third kappa shape index (κ3) is 4.36. The van der Waals surface area contributed by atoms with E-state index in [1.807, 2.05) is 30.3 Å². The molecule has 2 amide bonds. The molecule has 4 rings (SSSR count). The minimum atomic E-state index is -0.361. The number of carbonyl (C=O) groups excluding carboxylic acids is 2. The van der Waals surface area contributed by atoms with Gasteiger partial charge in [-0.05, 0) is 48.6 Å². The van der Waals surface area contributed by atoms with E-state index in [0.29, 0.717) is 27.9 Å². The smallest absolute Gasteiger partial charge is 0.294 e. The van der Waals surface area contributed by atoms with Gasteiger partial charge < -0.3 is 10.1 Å². The van der Waals surface area contributed by atoms with Crippen LogP contribution in [0.1, 0.15) is 38.2 Å². The van der Waals surface area contributed by atoms with Crippen molar-refractivity contribution in [2.45, 2.75) is 38.6 Å². The number of para-hydroxylation sites is 2. The second-order valence-electron chi connectivity index (χ2n) is 7.93. The second kappa shape index (κ2) is 8.92. The molecule has 0 spiro atoms. The van der Waals surface area contributed by atoms with Gasteiger partial charge in [0.1, 0.15) is 6.54 Å². The molecule has 1 aliphatic carbocycles. The third-order valence-corrected chi connectivity index (χ3v) is 6.13. The van der Waals surface area contributed by atoms with Gasteiger partial charge in [0.2, 0.25) is 5.91 Å². The fourth-order valence-electron chi connectivity index (χ4n) is 4.08. The lowest BCUT2D eigenvalue weighted by atomic mass is 9.86. The van der Waals surface area contributed by atoms with E-state index in [-0.39, 0.29) is 30.2 Å². The van der Waals surface area contributed by atoms with Crippen molar-refractivity contribution in [3.05, 3.63) is 64.9 Å². The molecule has 1 saturated carbocycles. The molecule has 1 fully saturated rings. The molecule has 0 radical (unpaired) electrons. The van der Waals surface area contributed by atoms with Gasteiger partial charge in [-0.15, -0.1) is 0 Å². The van der Waals surface area contributed by atoms with Crippen LogP contribution in [0.25, 0.3) is 6.08 Å². The molecule has 1 aliphatic heterocycles. The van der Waals surface area contributed by atoms with Crippen molar-refractivity contribution in [1.29, 1.82) is 0 Å². The average molecular weight is 425 g/mol. The average Bonchev–Trinajstić information content (AvgIpc) is 2.74. The van der Waals surface area contributed by atoms with Crippen LogP contribution in [-0.2, 0) is 9.59 Å². The lowest BCUT2D eigenvalue weighted by molar-refractivity contribution is -0.124. The molecule has 0 aromatic heterocycles. The van der Waals surface area contributed by atoms with Gasteiger partial charge >= 0.3 is 0 Å². The number of hydrogen-bond acceptors (Lipinski definition) is 3. The summed E-state index contributed by atoms with van der Waals surface area (Å²) in [6.45, 7) is 2.12. The van der Waals surface area contributed by atoms with E-state index >= 15 is 0 Å². The topological polar surface area (TPSA) is 58.6 Å². The number of benzene rings is 2. The number of nitrogens with one attached hydrogen (secondary N) is 1. The van der Waals surface area contributed by atoms with Gasteiger partial charge in [0.25, 0.3) is 5.91 Å². The first-order valence-electron chi connectivity index (χ1n) is 10.4. The maximum atomic E-state index is 13.2. The quantitative estimate of drug-likeness (QED) is 0.717. The Kier molecular flexibility index (Phi) is 6.09. The monoisotopic (exact) mass is 424 g/mol. The number of halogens is 1. The molecular formula is C24H25ClN2O3. The van der Waals surface area contributed by atoms with Gasteiger partial charge in [0, 0.05) is 11.1 Å². The van der Waals surface area contributed by atoms with Crippen LogP contribution in [-0.4, -0.2) is 24.4 Å². The molecule has 2 atom stereocenters. The fraction of sp³-hybridized carbons (Fsp3) is 0.333. The molecule has 2 aromatic carbocycles. The Balaban J connectivity index is 1.58. The van der Waals surface area contributed by atoms with Crippen LogP contribution in [0, 0.1) is 5.92 Å². The fourth-order valence-corrected chi connectivity index (χ4v) is 4.27. The summed E-state index contributed by atoms with van der Waals surface area (Å²) in [5, 5.41) is 3.65. The lowest BCUT2D eigenvalue weighted by Crippen LogP contribution is -2.48. The number of anilines is 1. The molecule has 0 bridgehead atoms. The molecule has 30 heavy (non-hydrogen) atoms. The Labute approximate surface area is 181 Å². The summed E-state index contributed by atoms with van der Waals surface area (Å²) < 4.78 is 5.86. The van der Waals surface area contributed by atoms with Crippen LogP contribution in [0.15, 0.2) is 54.3 Å². The summed E-state index contributed by atoms with van der Waals surface area (Å²) in [5.74, 6) is 0.609. The maximum Gasteiger partial charge on any atom is 0.294 e. The standard InChI is InChI=1S/C24H25ClN2O3/c1-16-8-2-5-11-19(16)26-23(28)15-27-20-12-6-7-13-21(20)30-22(24(27)29)14-17-9-3-4-10-18(17)25/h3-4,6-7,9-10,12-14,16,19H,2,5,8,11,15H2,1H3,(H,26,28)/b22-14+/t16-,19-/m1/s1. The Morgan fingerprint density at radius 3 is 2.70 bits per heavy atom. The number of amides is 2. The molecule has 2 aliphatic rings. The van der Waals surface area contributed by atoms with Crippen LogP contribution in [0.3, 0.4) is 0 Å². The van der Waals surface area contributed by atoms with E-state index in [4.69, 9.17) is 16.3 Å². The van der Waals surface area contributed by atoms with Crippen molar-refractivity contribution in [3.8, 4) is 5.75 Å². The first-order chi connectivity index (χ1) is 14.5. The third-order valence-electron chi connectivity index (χ3n) is 5.78. The highest BCUT2D eigenvalue weighted by Gasteiger charge is 2.32. The van der Waals surface area contributed by atoms with Crippen molar-refractivity contribution in [2.24, 2.45) is 5.92 Å². The maximum absolute atomic E-state index is 13.2. The Morgan fingerprint density at radius 2 is 1.90 bits per heavy atom. The normalized spacial score (nSPS) is 22.4. The highest BCUT2D eigenvalue weighted by atomic mass is 35.5. The number of rotatable bonds is 4. The van der Waals surface area contributed by atoms with Gasteiger partial charge in [-0.25, -0.2) is 0 Å². The molecule has 1 heterocycles. The Hall–Kier alpha value is -2.79. The van der Waals surface area contributed by atoms with Crippen molar-refractivity contribution >= 4 is 35.2 Å². The highest BCUT2D eigenvalue weighted by molar-refractivity contribution is 6.32. The van der Waals surface area contributed by atoms with Crippen molar-refractivity contribution in [3.63, 3.8) is 0 Å². The predicted octanol–water partition coefficient (Wildman–Crippen LogP) is 4.80. The number of hydrogen-bond donors (Lipinski definition) is 1. The number of ether oxygens (including phenoxy) is 1.